The Balaban J connectivity index is 2.06. The summed E-state index contributed by atoms with van der Waals surface area (Å²) in [7, 11) is 3.09. The third kappa shape index (κ3) is 3.38. The summed E-state index contributed by atoms with van der Waals surface area (Å²) in [6, 6.07) is 4.57. The molecule has 0 aromatic heterocycles. The van der Waals surface area contributed by atoms with Crippen LogP contribution in [-0.4, -0.2) is 65.1 Å². The highest BCUT2D eigenvalue weighted by Gasteiger charge is 2.40. The number of hydrogen-bond donors (Lipinski definition) is 2. The lowest BCUT2D eigenvalue weighted by Gasteiger charge is -2.37. The number of likely N-dealkylation sites (N-methyl/N-ethyl adjacent to an activating group) is 1. The Hall–Kier alpha value is -2.91. The number of nitrogens with zero attached hydrogens (tertiary/aromatic N) is 3. The largest absolute Gasteiger partial charge is 0.389 e. The van der Waals surface area contributed by atoms with Crippen LogP contribution in [0.1, 0.15) is 5.56 Å². The monoisotopic (exact) mass is 376 g/mol. The van der Waals surface area contributed by atoms with Crippen molar-refractivity contribution in [1.29, 1.82) is 0 Å². The van der Waals surface area contributed by atoms with E-state index >= 15 is 0 Å². The number of amides is 2. The van der Waals surface area contributed by atoms with Gasteiger partial charge in [0.2, 0.25) is 0 Å². The minimum Gasteiger partial charge on any atom is -0.389 e. The molecule has 144 valence electrons. The van der Waals surface area contributed by atoms with Crippen molar-refractivity contribution in [2.24, 2.45) is 0 Å². The Morgan fingerprint density at radius 1 is 1.37 bits per heavy atom. The molecule has 27 heavy (non-hydrogen) atoms. The third-order valence-corrected chi connectivity index (χ3v) is 4.48. The molecule has 1 saturated heterocycles. The van der Waals surface area contributed by atoms with Gasteiger partial charge in [-0.05, 0) is 24.6 Å². The van der Waals surface area contributed by atoms with Crippen molar-refractivity contribution in [3.05, 3.63) is 53.4 Å². The first-order valence-electron chi connectivity index (χ1n) is 8.31. The van der Waals surface area contributed by atoms with Crippen molar-refractivity contribution in [3.8, 4) is 0 Å². The Morgan fingerprint density at radius 2 is 2.07 bits per heavy atom. The average Bonchev–Trinajstić information content (AvgIpc) is 3.06. The van der Waals surface area contributed by atoms with Crippen LogP contribution in [0, 0.1) is 12.7 Å². The van der Waals surface area contributed by atoms with Crippen molar-refractivity contribution in [2.45, 2.75) is 13.0 Å². The zero-order valence-electron chi connectivity index (χ0n) is 15.3. The number of aryl methyl sites for hydroxylation is 1. The van der Waals surface area contributed by atoms with Gasteiger partial charge in [-0.1, -0.05) is 12.6 Å². The van der Waals surface area contributed by atoms with E-state index in [1.54, 1.807) is 20.0 Å². The maximum Gasteiger partial charge on any atom is 0.286 e. The summed E-state index contributed by atoms with van der Waals surface area (Å²) >= 11 is 0. The van der Waals surface area contributed by atoms with Crippen molar-refractivity contribution in [1.82, 2.24) is 14.9 Å². The molecule has 1 aromatic carbocycles. The van der Waals surface area contributed by atoms with Gasteiger partial charge in [-0.15, -0.1) is 0 Å². The number of benzene rings is 1. The van der Waals surface area contributed by atoms with Crippen LogP contribution in [0.15, 0.2) is 42.0 Å². The molecule has 0 bridgehead atoms. The zero-order valence-corrected chi connectivity index (χ0v) is 15.3. The van der Waals surface area contributed by atoms with Crippen LogP contribution in [0.3, 0.4) is 0 Å². The summed E-state index contributed by atoms with van der Waals surface area (Å²) in [4.78, 5) is 33.5. The molecular formula is C18H21FN4O4. The van der Waals surface area contributed by atoms with E-state index in [1.165, 1.54) is 29.0 Å². The van der Waals surface area contributed by atoms with E-state index in [4.69, 9.17) is 4.84 Å². The fourth-order valence-electron chi connectivity index (χ4n) is 2.84. The first-order valence-corrected chi connectivity index (χ1v) is 8.31. The lowest BCUT2D eigenvalue weighted by atomic mass is 10.1. The molecule has 0 aliphatic carbocycles. The van der Waals surface area contributed by atoms with E-state index in [0.29, 0.717) is 5.82 Å². The van der Waals surface area contributed by atoms with Crippen molar-refractivity contribution >= 4 is 17.5 Å². The number of nitrogens with one attached hydrogen (secondary N) is 1. The minimum atomic E-state index is -0.829. The first-order chi connectivity index (χ1) is 12.7. The van der Waals surface area contributed by atoms with E-state index < -0.39 is 23.7 Å². The smallest absolute Gasteiger partial charge is 0.286 e. The first kappa shape index (κ1) is 18.9. The van der Waals surface area contributed by atoms with Crippen molar-refractivity contribution in [3.63, 3.8) is 0 Å². The number of halogens is 1. The van der Waals surface area contributed by atoms with E-state index in [0.717, 1.165) is 10.6 Å². The van der Waals surface area contributed by atoms with Gasteiger partial charge < -0.3 is 15.3 Å². The predicted molar refractivity (Wildman–Crippen MR) is 95.1 cm³/mol. The molecule has 0 radical (unpaired) electrons. The average molecular weight is 376 g/mol. The van der Waals surface area contributed by atoms with Crippen LogP contribution >= 0.6 is 0 Å². The SMILES string of the molecule is C=C1N(C)C(=O)C(C(=O)N2CC(O)CO2)=C(Nc2ccc(C)cc2F)N1C. The summed E-state index contributed by atoms with van der Waals surface area (Å²) in [5, 5.41) is 13.4. The number of rotatable bonds is 3. The lowest BCUT2D eigenvalue weighted by molar-refractivity contribution is -0.165. The summed E-state index contributed by atoms with van der Waals surface area (Å²) in [6.07, 6.45) is -0.829. The van der Waals surface area contributed by atoms with Crippen LogP contribution in [0.2, 0.25) is 0 Å². The number of hydroxylamine groups is 2. The van der Waals surface area contributed by atoms with Gasteiger partial charge >= 0.3 is 0 Å². The number of carbonyl (C=O) groups is 2. The summed E-state index contributed by atoms with van der Waals surface area (Å²) in [6.45, 7) is 5.48. The van der Waals surface area contributed by atoms with Gasteiger partial charge in [0.15, 0.2) is 0 Å². The maximum atomic E-state index is 14.3. The number of aliphatic hydroxyl groups is 1. The number of hydrogen-bond acceptors (Lipinski definition) is 6. The highest BCUT2D eigenvalue weighted by molar-refractivity contribution is 6.20. The molecule has 2 amide bonds. The highest BCUT2D eigenvalue weighted by Crippen LogP contribution is 2.29. The molecule has 1 fully saturated rings. The quantitative estimate of drug-likeness (QED) is 0.758. The molecule has 1 aromatic rings. The molecule has 0 saturated carbocycles. The molecule has 2 heterocycles. The standard InChI is InChI=1S/C18H21FN4O4/c1-10-5-6-14(13(19)7-10)20-16-15(17(25)22(4)11(2)21(16)3)18(26)23-8-12(24)9-27-23/h5-7,12,20,24H,2,8-9H2,1,3-4H3. The molecule has 9 heteroatoms. The molecule has 0 spiro atoms. The molecule has 1 atom stereocenters. The molecule has 3 rings (SSSR count). The molecule has 2 N–H and O–H groups in total. The summed E-state index contributed by atoms with van der Waals surface area (Å²) in [5.41, 5.74) is 0.613. The molecule has 1 unspecified atom stereocenters. The van der Waals surface area contributed by atoms with Gasteiger partial charge in [0.1, 0.15) is 35.7 Å². The third-order valence-electron chi connectivity index (χ3n) is 4.48. The van der Waals surface area contributed by atoms with Crippen LogP contribution in [-0.2, 0) is 14.4 Å². The normalized spacial score (nSPS) is 20.6. The number of aliphatic hydroxyl groups excluding tert-OH is 1. The van der Waals surface area contributed by atoms with Gasteiger partial charge in [-0.25, -0.2) is 9.45 Å². The topological polar surface area (TPSA) is 85.4 Å². The van der Waals surface area contributed by atoms with Crippen molar-refractivity contribution < 1.29 is 23.9 Å². The van der Waals surface area contributed by atoms with Crippen LogP contribution in [0.25, 0.3) is 0 Å². The second kappa shape index (κ2) is 7.01. The second-order valence-electron chi connectivity index (χ2n) is 6.49. The fraction of sp³-hybridized carbons (Fsp3) is 0.333. The van der Waals surface area contributed by atoms with Gasteiger partial charge in [-0.3, -0.25) is 19.3 Å². The minimum absolute atomic E-state index is 0.0407. The Labute approximate surface area is 156 Å². The summed E-state index contributed by atoms with van der Waals surface area (Å²) in [5.74, 6) is -1.46. The van der Waals surface area contributed by atoms with Gasteiger partial charge in [0, 0.05) is 14.1 Å². The summed E-state index contributed by atoms with van der Waals surface area (Å²) < 4.78 is 14.3. The molecular weight excluding hydrogens is 355 g/mol. The maximum absolute atomic E-state index is 14.3. The predicted octanol–water partition coefficient (Wildman–Crippen LogP) is 0.767. The van der Waals surface area contributed by atoms with Crippen LogP contribution < -0.4 is 5.32 Å². The van der Waals surface area contributed by atoms with E-state index in [-0.39, 0.29) is 30.2 Å². The van der Waals surface area contributed by atoms with Gasteiger partial charge in [0.05, 0.1) is 12.2 Å². The van der Waals surface area contributed by atoms with Gasteiger partial charge in [0.25, 0.3) is 11.8 Å². The second-order valence-corrected chi connectivity index (χ2v) is 6.49. The zero-order chi connectivity index (χ0) is 19.9. The van der Waals surface area contributed by atoms with Crippen LogP contribution in [0.4, 0.5) is 10.1 Å². The fourth-order valence-corrected chi connectivity index (χ4v) is 2.84. The Kier molecular flexibility index (Phi) is 4.90. The lowest BCUT2D eigenvalue weighted by Crippen LogP contribution is -2.47. The Morgan fingerprint density at radius 3 is 2.67 bits per heavy atom. The highest BCUT2D eigenvalue weighted by atomic mass is 19.1. The van der Waals surface area contributed by atoms with Crippen molar-refractivity contribution in [2.75, 3.05) is 32.6 Å². The van der Waals surface area contributed by atoms with E-state index in [1.807, 2.05) is 0 Å². The Bertz CT molecular complexity index is 854. The molecule has 2 aliphatic rings. The van der Waals surface area contributed by atoms with E-state index in [9.17, 15) is 19.1 Å². The van der Waals surface area contributed by atoms with Crippen LogP contribution in [0.5, 0.6) is 0 Å². The van der Waals surface area contributed by atoms with E-state index in [2.05, 4.69) is 11.9 Å². The number of anilines is 1. The molecule has 8 nitrogen and oxygen atoms in total. The van der Waals surface area contributed by atoms with Gasteiger partial charge in [-0.2, -0.15) is 0 Å². The number of β-amino-alcohol motifs (C(OH)–C–C–N with tert-alkyl or cyclic N) is 1. The molecule has 2 aliphatic heterocycles. The number of carbonyl (C=O) groups excluding carboxylic acids is 2.